The summed E-state index contributed by atoms with van der Waals surface area (Å²) in [5, 5.41) is 16.7. The van der Waals surface area contributed by atoms with E-state index in [0.717, 1.165) is 51.7 Å². The number of ether oxygens (including phenoxy) is 3. The Bertz CT molecular complexity index is 2500. The first-order valence-corrected chi connectivity index (χ1v) is 23.1. The number of aryl methyl sites for hydroxylation is 1. The molecule has 366 valence electrons. The van der Waals surface area contributed by atoms with Crippen LogP contribution in [-0.4, -0.2) is 150 Å². The van der Waals surface area contributed by atoms with E-state index in [1.165, 1.54) is 40.9 Å². The number of fused-ring (bicyclic) bond motifs is 1. The Morgan fingerprint density at radius 3 is 2.47 bits per heavy atom. The van der Waals surface area contributed by atoms with Crippen LogP contribution < -0.4 is 10.7 Å². The molecule has 4 aromatic rings. The zero-order valence-electron chi connectivity index (χ0n) is 40.7. The predicted octanol–water partition coefficient (Wildman–Crippen LogP) is 4.53. The Kier molecular flexibility index (Phi) is 16.5. The molecule has 3 atom stereocenters. The first-order chi connectivity index (χ1) is 32.4. The van der Waals surface area contributed by atoms with Gasteiger partial charge in [-0.05, 0) is 90.3 Å². The summed E-state index contributed by atoms with van der Waals surface area (Å²) in [5.74, 6) is -2.28. The first-order valence-electron chi connectivity index (χ1n) is 23.1. The number of carbonyl (C=O) groups is 6. The third kappa shape index (κ3) is 11.6. The van der Waals surface area contributed by atoms with Crippen LogP contribution in [0.1, 0.15) is 64.2 Å². The average molecular weight is 939 g/mol. The van der Waals surface area contributed by atoms with Crippen LogP contribution in [-0.2, 0) is 64.2 Å². The van der Waals surface area contributed by atoms with Gasteiger partial charge in [0.2, 0.25) is 17.7 Å². The van der Waals surface area contributed by atoms with E-state index >= 15 is 0 Å². The number of methoxy groups -OCH3 is 2. The van der Waals surface area contributed by atoms with Gasteiger partial charge in [0, 0.05) is 81.5 Å². The van der Waals surface area contributed by atoms with Gasteiger partial charge in [-0.3, -0.25) is 38.9 Å². The molecule has 5 amide bonds. The lowest BCUT2D eigenvalue weighted by Gasteiger charge is -2.35. The number of aromatic hydroxyl groups is 1. The number of phenolic OH excluding ortho intramolecular Hbond substituents is 1. The first kappa shape index (κ1) is 50.9. The van der Waals surface area contributed by atoms with Gasteiger partial charge in [-0.15, -0.1) is 0 Å². The summed E-state index contributed by atoms with van der Waals surface area (Å²) in [6.07, 6.45) is 5.18. The van der Waals surface area contributed by atoms with E-state index in [-0.39, 0.29) is 37.8 Å². The third-order valence-electron chi connectivity index (χ3n) is 12.7. The number of likely N-dealkylation sites (N-methyl/N-ethyl adjacent to an activating group) is 2. The van der Waals surface area contributed by atoms with E-state index in [1.807, 2.05) is 38.2 Å². The van der Waals surface area contributed by atoms with E-state index in [2.05, 4.69) is 39.4 Å². The summed E-state index contributed by atoms with van der Waals surface area (Å²) < 4.78 is 17.8. The summed E-state index contributed by atoms with van der Waals surface area (Å²) in [6, 6.07) is 10.4. The fourth-order valence-corrected chi connectivity index (χ4v) is 9.24. The minimum absolute atomic E-state index is 0.0139. The van der Waals surface area contributed by atoms with Gasteiger partial charge in [0.15, 0.2) is 0 Å². The van der Waals surface area contributed by atoms with Gasteiger partial charge in [-0.1, -0.05) is 39.8 Å². The van der Waals surface area contributed by atoms with Gasteiger partial charge in [-0.2, -0.15) is 0 Å². The van der Waals surface area contributed by atoms with Gasteiger partial charge in [0.1, 0.15) is 23.9 Å². The smallest absolute Gasteiger partial charge is 0.410 e. The molecule has 0 saturated carbocycles. The number of benzene rings is 2. The Morgan fingerprint density at radius 1 is 1.04 bits per heavy atom. The van der Waals surface area contributed by atoms with Gasteiger partial charge >= 0.3 is 6.09 Å². The quantitative estimate of drug-likeness (QED) is 0.0827. The predicted molar refractivity (Wildman–Crippen MR) is 255 cm³/mol. The Labute approximate surface area is 397 Å². The number of hydrogen-bond donors (Lipinski definition) is 3. The molecule has 6 rings (SSSR count). The van der Waals surface area contributed by atoms with Crippen molar-refractivity contribution >= 4 is 47.1 Å². The molecule has 18 nitrogen and oxygen atoms in total. The van der Waals surface area contributed by atoms with E-state index in [0.29, 0.717) is 50.3 Å². The molecule has 2 saturated heterocycles. The average Bonchev–Trinajstić information content (AvgIpc) is 4.07. The number of amides is 5. The molecule has 2 aromatic heterocycles. The number of carbonyl (C=O) groups excluding carboxylic acids is 6. The van der Waals surface area contributed by atoms with Crippen molar-refractivity contribution in [2.24, 2.45) is 11.3 Å². The van der Waals surface area contributed by atoms with Gasteiger partial charge in [-0.25, -0.2) is 10.2 Å². The van der Waals surface area contributed by atoms with E-state index in [4.69, 9.17) is 14.2 Å². The van der Waals surface area contributed by atoms with E-state index < -0.39 is 53.3 Å². The van der Waals surface area contributed by atoms with Crippen molar-refractivity contribution in [1.29, 1.82) is 0 Å². The lowest BCUT2D eigenvalue weighted by atomic mass is 9.84. The van der Waals surface area contributed by atoms with Crippen LogP contribution in [0.15, 0.2) is 54.9 Å². The molecule has 4 heterocycles. The number of hydrazine groups is 1. The molecule has 18 heteroatoms. The summed E-state index contributed by atoms with van der Waals surface area (Å²) in [5.41, 5.74) is 9.67. The van der Waals surface area contributed by atoms with Gasteiger partial charge in [0.25, 0.3) is 12.4 Å². The van der Waals surface area contributed by atoms with Crippen LogP contribution in [0, 0.1) is 11.3 Å². The number of rotatable bonds is 20. The van der Waals surface area contributed by atoms with Gasteiger partial charge in [0.05, 0.1) is 39.1 Å². The Hall–Kier alpha value is -6.53. The molecular formula is C50H66N8O10. The molecular weight excluding hydrogens is 873 g/mol. The highest BCUT2D eigenvalue weighted by atomic mass is 16.5. The third-order valence-corrected chi connectivity index (χ3v) is 12.7. The second-order valence-corrected chi connectivity index (χ2v) is 18.8. The SMILES string of the molecule is CCn1c(-c2cnccc2COC)c(CC(C)(C)COC=O)c2cc(-c3cc(O)cc(C[C@H](NC(=O)[C@H](C(C)C)N(C)C(=O)CN(C)C(=O)[C@H]4CN4C(=O)OC)C(=O)N4CCCCN4)c3)ccc21. The number of phenols is 1. The number of nitrogens with one attached hydrogen (secondary N) is 2. The number of aromatic nitrogens is 2. The summed E-state index contributed by atoms with van der Waals surface area (Å²) in [7, 11) is 5.83. The molecule has 2 fully saturated rings. The number of hydrogen-bond acceptors (Lipinski definition) is 12. The molecule has 2 aromatic carbocycles. The fraction of sp³-hybridized carbons (Fsp3) is 0.500. The second kappa shape index (κ2) is 22.1. The monoisotopic (exact) mass is 938 g/mol. The topological polar surface area (TPSA) is 205 Å². The molecule has 0 spiro atoms. The highest BCUT2D eigenvalue weighted by Crippen LogP contribution is 2.41. The number of pyridine rings is 1. The minimum atomic E-state index is -1.09. The highest BCUT2D eigenvalue weighted by Gasteiger charge is 2.47. The van der Waals surface area contributed by atoms with Crippen molar-refractivity contribution in [1.82, 2.24) is 40.0 Å². The molecule has 68 heavy (non-hydrogen) atoms. The van der Waals surface area contributed by atoms with Crippen LogP contribution in [0.4, 0.5) is 4.79 Å². The van der Waals surface area contributed by atoms with Crippen LogP contribution in [0.5, 0.6) is 5.75 Å². The van der Waals surface area contributed by atoms with Crippen LogP contribution in [0.3, 0.4) is 0 Å². The maximum absolute atomic E-state index is 14.4. The van der Waals surface area contributed by atoms with Crippen LogP contribution in [0.25, 0.3) is 33.3 Å². The van der Waals surface area contributed by atoms with Gasteiger partial charge < -0.3 is 39.0 Å². The summed E-state index contributed by atoms with van der Waals surface area (Å²) >= 11 is 0. The Morgan fingerprint density at radius 2 is 1.81 bits per heavy atom. The molecule has 0 aliphatic carbocycles. The molecule has 2 aliphatic rings. The molecule has 0 radical (unpaired) electrons. The maximum atomic E-state index is 14.4. The summed E-state index contributed by atoms with van der Waals surface area (Å²) in [6.45, 7) is 12.3. The molecule has 0 bridgehead atoms. The van der Waals surface area contributed by atoms with E-state index in [1.54, 1.807) is 39.3 Å². The van der Waals surface area contributed by atoms with Crippen molar-refractivity contribution in [2.45, 2.75) is 91.6 Å². The zero-order chi connectivity index (χ0) is 49.4. The minimum Gasteiger partial charge on any atom is -0.508 e. The standard InChI is InChI=1S/C50H66N8O10/c1-10-56-41-14-13-33(23-37(41)38(24-50(4,5)29-68-30-59)45(56)39-25-51-17-15-34(39)28-66-8)35-19-32(20-36(60)22-35)21-40(47(63)58-18-12-11-16-52-58)53-46(62)44(31(2)3)55(7)43(61)27-54(6)48(64)42-26-57(42)49(65)67-9/h13-15,17,19-20,22-23,25,30-31,40,42,44,52,60H,10-12,16,18,21,24,26-29H2,1-9H3,(H,53,62)/t40-,42+,44-,57?/m0/s1. The van der Waals surface area contributed by atoms with E-state index in [9.17, 15) is 33.9 Å². The second-order valence-electron chi connectivity index (χ2n) is 18.8. The highest BCUT2D eigenvalue weighted by molar-refractivity contribution is 5.97. The molecule has 3 N–H and O–H groups in total. The van der Waals surface area contributed by atoms with Crippen molar-refractivity contribution in [3.05, 3.63) is 71.5 Å². The van der Waals surface area contributed by atoms with Crippen molar-refractivity contribution in [2.75, 3.05) is 61.1 Å². The van der Waals surface area contributed by atoms with Crippen molar-refractivity contribution in [3.63, 3.8) is 0 Å². The normalized spacial score (nSPS) is 15.7. The lowest BCUT2D eigenvalue weighted by Crippen LogP contribution is -2.60. The molecule has 2 aliphatic heterocycles. The maximum Gasteiger partial charge on any atom is 0.410 e. The largest absolute Gasteiger partial charge is 0.508 e. The van der Waals surface area contributed by atoms with Crippen LogP contribution >= 0.6 is 0 Å². The van der Waals surface area contributed by atoms with Crippen molar-refractivity contribution in [3.8, 4) is 28.1 Å². The van der Waals surface area contributed by atoms with Crippen LogP contribution in [0.2, 0.25) is 0 Å². The zero-order valence-corrected chi connectivity index (χ0v) is 40.7. The lowest BCUT2D eigenvalue weighted by molar-refractivity contribution is -0.146. The summed E-state index contributed by atoms with van der Waals surface area (Å²) in [4.78, 5) is 86.9. The molecule has 0 unspecified atom stereocenters. The fourth-order valence-electron chi connectivity index (χ4n) is 9.24. The van der Waals surface area contributed by atoms with Crippen molar-refractivity contribution < 1.29 is 48.1 Å². The Balaban J connectivity index is 1.33. The number of nitrogens with zero attached hydrogens (tertiary/aromatic N) is 6.